The molecule has 0 aliphatic heterocycles. The first-order valence-corrected chi connectivity index (χ1v) is 9.33. The van der Waals surface area contributed by atoms with Gasteiger partial charge in [-0.3, -0.25) is 4.79 Å². The first kappa shape index (κ1) is 23.3. The lowest BCUT2D eigenvalue weighted by atomic mass is 10.1. The number of aliphatic hydroxyl groups excluding tert-OH is 1. The van der Waals surface area contributed by atoms with Crippen LogP contribution in [0.25, 0.3) is 12.2 Å². The maximum atomic E-state index is 12.2. The monoisotopic (exact) mass is 436 g/mol. The van der Waals surface area contributed by atoms with Crippen LogP contribution < -0.4 is 29.1 Å². The number of halogens is 1. The molecule has 162 valence electrons. The van der Waals surface area contributed by atoms with E-state index in [1.54, 1.807) is 33.5 Å². The number of methoxy groups -OCH3 is 4. The largest absolute Gasteiger partial charge is 0.495 e. The Balaban J connectivity index is 2.33. The zero-order valence-electron chi connectivity index (χ0n) is 17.2. The summed E-state index contributed by atoms with van der Waals surface area (Å²) in [7, 11) is 6.15. The van der Waals surface area contributed by atoms with Gasteiger partial charge in [-0.05, 0) is 47.2 Å². The summed E-state index contributed by atoms with van der Waals surface area (Å²) in [5, 5.41) is 11.9. The van der Waals surface area contributed by atoms with Crippen LogP contribution in [-0.2, 0) is 4.79 Å². The van der Waals surface area contributed by atoms with Crippen LogP contribution in [0.5, 0.6) is 23.0 Å². The molecule has 1 atom stereocenters. The van der Waals surface area contributed by atoms with Gasteiger partial charge >= 0.3 is 0 Å². The van der Waals surface area contributed by atoms with Crippen LogP contribution in [-0.4, -0.2) is 52.1 Å². The second-order valence-electron chi connectivity index (χ2n) is 6.09. The minimum Gasteiger partial charge on any atom is -0.495 e. The molecular formula is C21H25ClN2O6. The van der Waals surface area contributed by atoms with Gasteiger partial charge in [-0.2, -0.15) is 0 Å². The van der Waals surface area contributed by atoms with E-state index in [9.17, 15) is 9.90 Å². The van der Waals surface area contributed by atoms with Crippen LogP contribution in [0, 0.1) is 0 Å². The number of hydrogen-bond acceptors (Lipinski definition) is 7. The SMILES string of the molecule is COc1ccc(/C=C\c2cc(OC)c(OC)c(OC)c2)cc1NC(=O)[C@H](CO)NCl. The summed E-state index contributed by atoms with van der Waals surface area (Å²) in [6.45, 7) is -0.446. The second-order valence-corrected chi connectivity index (χ2v) is 6.30. The van der Waals surface area contributed by atoms with E-state index >= 15 is 0 Å². The maximum absolute atomic E-state index is 12.2. The highest BCUT2D eigenvalue weighted by Crippen LogP contribution is 2.38. The van der Waals surface area contributed by atoms with Crippen molar-refractivity contribution in [3.8, 4) is 23.0 Å². The normalized spacial score (nSPS) is 11.8. The van der Waals surface area contributed by atoms with Gasteiger partial charge in [0.1, 0.15) is 11.8 Å². The molecule has 2 aromatic carbocycles. The summed E-state index contributed by atoms with van der Waals surface area (Å²) in [6, 6.07) is 8.01. The van der Waals surface area contributed by atoms with Gasteiger partial charge in [0.25, 0.3) is 0 Å². The highest BCUT2D eigenvalue weighted by molar-refractivity contribution is 6.15. The van der Waals surface area contributed by atoms with Crippen molar-refractivity contribution in [3.05, 3.63) is 41.5 Å². The quantitative estimate of drug-likeness (QED) is 0.389. The number of benzene rings is 2. The fourth-order valence-electron chi connectivity index (χ4n) is 2.70. The molecule has 0 unspecified atom stereocenters. The lowest BCUT2D eigenvalue weighted by Crippen LogP contribution is -2.38. The number of hydrogen-bond donors (Lipinski definition) is 3. The molecule has 0 heterocycles. The van der Waals surface area contributed by atoms with Gasteiger partial charge in [-0.25, -0.2) is 4.84 Å². The average molecular weight is 437 g/mol. The Morgan fingerprint density at radius 3 is 2.07 bits per heavy atom. The van der Waals surface area contributed by atoms with Gasteiger partial charge in [-0.1, -0.05) is 18.2 Å². The number of anilines is 1. The topological polar surface area (TPSA) is 98.3 Å². The second kappa shape index (κ2) is 11.3. The van der Waals surface area contributed by atoms with Crippen molar-refractivity contribution in [2.75, 3.05) is 40.4 Å². The van der Waals surface area contributed by atoms with Crippen molar-refractivity contribution in [3.63, 3.8) is 0 Å². The third kappa shape index (κ3) is 5.56. The number of carbonyl (C=O) groups excluding carboxylic acids is 1. The van der Waals surface area contributed by atoms with Crippen LogP contribution >= 0.6 is 11.8 Å². The molecule has 0 aliphatic carbocycles. The zero-order valence-corrected chi connectivity index (χ0v) is 17.9. The van der Waals surface area contributed by atoms with Gasteiger partial charge in [0.15, 0.2) is 11.5 Å². The molecule has 9 heteroatoms. The molecule has 0 bridgehead atoms. The lowest BCUT2D eigenvalue weighted by molar-refractivity contribution is -0.118. The molecule has 30 heavy (non-hydrogen) atoms. The number of amides is 1. The zero-order chi connectivity index (χ0) is 22.1. The van der Waals surface area contributed by atoms with Crippen molar-refractivity contribution in [1.82, 2.24) is 4.84 Å². The number of ether oxygens (including phenoxy) is 4. The van der Waals surface area contributed by atoms with Crippen molar-refractivity contribution in [2.45, 2.75) is 6.04 Å². The highest BCUT2D eigenvalue weighted by Gasteiger charge is 2.18. The summed E-state index contributed by atoms with van der Waals surface area (Å²) in [6.07, 6.45) is 3.73. The Hall–Kier alpha value is -2.94. The van der Waals surface area contributed by atoms with Gasteiger partial charge in [0.05, 0.1) is 40.7 Å². The van der Waals surface area contributed by atoms with Crippen LogP contribution in [0.2, 0.25) is 0 Å². The molecule has 1 amide bonds. The van der Waals surface area contributed by atoms with Crippen molar-refractivity contribution in [1.29, 1.82) is 0 Å². The minimum absolute atomic E-state index is 0.444. The number of aliphatic hydroxyl groups is 1. The summed E-state index contributed by atoms with van der Waals surface area (Å²) < 4.78 is 21.4. The third-order valence-corrected chi connectivity index (χ3v) is 4.53. The molecule has 0 aliphatic rings. The van der Waals surface area contributed by atoms with E-state index in [4.69, 9.17) is 30.7 Å². The molecule has 0 fully saturated rings. The molecule has 2 aromatic rings. The van der Waals surface area contributed by atoms with Crippen LogP contribution in [0.3, 0.4) is 0 Å². The van der Waals surface area contributed by atoms with E-state index in [1.165, 1.54) is 7.11 Å². The van der Waals surface area contributed by atoms with Crippen molar-refractivity contribution >= 4 is 35.5 Å². The molecule has 2 rings (SSSR count). The molecule has 0 aromatic heterocycles. The third-order valence-electron chi connectivity index (χ3n) is 4.27. The van der Waals surface area contributed by atoms with E-state index in [0.717, 1.165) is 11.1 Å². The molecule has 0 saturated carbocycles. The summed E-state index contributed by atoms with van der Waals surface area (Å²) >= 11 is 5.48. The van der Waals surface area contributed by atoms with Gasteiger partial charge in [0.2, 0.25) is 11.7 Å². The van der Waals surface area contributed by atoms with Crippen LogP contribution in [0.1, 0.15) is 11.1 Å². The number of rotatable bonds is 10. The average Bonchev–Trinajstić information content (AvgIpc) is 2.77. The lowest BCUT2D eigenvalue weighted by Gasteiger charge is -2.15. The summed E-state index contributed by atoms with van der Waals surface area (Å²) in [5.41, 5.74) is 2.08. The van der Waals surface area contributed by atoms with E-state index in [2.05, 4.69) is 10.2 Å². The first-order chi connectivity index (χ1) is 14.5. The molecule has 0 radical (unpaired) electrons. The molecule has 8 nitrogen and oxygen atoms in total. The summed E-state index contributed by atoms with van der Waals surface area (Å²) in [4.78, 5) is 14.4. The smallest absolute Gasteiger partial charge is 0.245 e. The fraction of sp³-hybridized carbons (Fsp3) is 0.286. The Morgan fingerprint density at radius 1 is 0.967 bits per heavy atom. The van der Waals surface area contributed by atoms with Crippen molar-refractivity contribution in [2.24, 2.45) is 0 Å². The summed E-state index contributed by atoms with van der Waals surface area (Å²) in [5.74, 6) is 1.58. The Kier molecular flexibility index (Phi) is 8.79. The van der Waals surface area contributed by atoms with E-state index < -0.39 is 18.6 Å². The fourth-order valence-corrected chi connectivity index (χ4v) is 2.87. The van der Waals surface area contributed by atoms with Gasteiger partial charge in [0, 0.05) is 0 Å². The number of nitrogens with one attached hydrogen (secondary N) is 2. The van der Waals surface area contributed by atoms with E-state index in [-0.39, 0.29) is 0 Å². The highest BCUT2D eigenvalue weighted by atomic mass is 35.5. The van der Waals surface area contributed by atoms with Gasteiger partial charge in [-0.15, -0.1) is 0 Å². The predicted octanol–water partition coefficient (Wildman–Crippen LogP) is 2.93. The number of carbonyl (C=O) groups is 1. The Labute approximate surface area is 180 Å². The van der Waals surface area contributed by atoms with Gasteiger partial charge < -0.3 is 29.4 Å². The molecular weight excluding hydrogens is 412 g/mol. The molecule has 0 spiro atoms. The van der Waals surface area contributed by atoms with Crippen LogP contribution in [0.15, 0.2) is 30.3 Å². The van der Waals surface area contributed by atoms with Crippen molar-refractivity contribution < 1.29 is 28.8 Å². The molecule has 0 saturated heterocycles. The predicted molar refractivity (Wildman–Crippen MR) is 117 cm³/mol. The minimum atomic E-state index is -0.949. The Morgan fingerprint density at radius 2 is 1.57 bits per heavy atom. The van der Waals surface area contributed by atoms with E-state index in [1.807, 2.05) is 30.4 Å². The maximum Gasteiger partial charge on any atom is 0.245 e. The first-order valence-electron chi connectivity index (χ1n) is 8.95. The van der Waals surface area contributed by atoms with Crippen LogP contribution in [0.4, 0.5) is 5.69 Å². The Bertz CT molecular complexity index is 874. The molecule has 3 N–H and O–H groups in total. The standard InChI is InChI=1S/C21H25ClN2O6/c1-27-17-8-7-13(9-15(17)23-21(26)16(12-25)24-22)5-6-14-10-18(28-2)20(30-4)19(11-14)29-3/h5-11,16,24-25H,12H2,1-4H3,(H,23,26)/b6-5-/t16-/m0/s1. The van der Waals surface area contributed by atoms with E-state index in [0.29, 0.717) is 28.7 Å².